The molecular formula is C16H16N2O4. The van der Waals surface area contributed by atoms with Crippen LogP contribution in [0.2, 0.25) is 0 Å². The summed E-state index contributed by atoms with van der Waals surface area (Å²) in [6.07, 6.45) is 0.248. The van der Waals surface area contributed by atoms with Gasteiger partial charge in [-0.2, -0.15) is 0 Å². The molecule has 0 unspecified atom stereocenters. The molecular weight excluding hydrogens is 284 g/mol. The fourth-order valence-corrected chi connectivity index (χ4v) is 1.91. The maximum absolute atomic E-state index is 11.7. The lowest BCUT2D eigenvalue weighted by Crippen LogP contribution is -2.37. The molecule has 0 spiro atoms. The lowest BCUT2D eigenvalue weighted by Gasteiger charge is -2.09. The Balaban J connectivity index is 1.83. The molecule has 2 rings (SSSR count). The third kappa shape index (κ3) is 4.32. The van der Waals surface area contributed by atoms with Crippen LogP contribution >= 0.6 is 0 Å². The van der Waals surface area contributed by atoms with Crippen LogP contribution in [0.15, 0.2) is 48.5 Å². The van der Waals surface area contributed by atoms with Crippen molar-refractivity contribution in [1.29, 1.82) is 0 Å². The molecule has 0 heterocycles. The third-order valence-electron chi connectivity index (χ3n) is 3.05. The Morgan fingerprint density at radius 3 is 2.41 bits per heavy atom. The normalized spacial score (nSPS) is 10.2. The number of aromatic carboxylic acids is 1. The van der Waals surface area contributed by atoms with Crippen LogP contribution in [0.1, 0.15) is 21.5 Å². The van der Waals surface area contributed by atoms with Gasteiger partial charge in [-0.1, -0.05) is 36.4 Å². The van der Waals surface area contributed by atoms with Crippen molar-refractivity contribution in [3.8, 4) is 5.75 Å². The van der Waals surface area contributed by atoms with Crippen LogP contribution < -0.4 is 10.9 Å². The van der Waals surface area contributed by atoms with Gasteiger partial charge in [-0.15, -0.1) is 0 Å². The maximum Gasteiger partial charge on any atom is 0.335 e. The zero-order valence-electron chi connectivity index (χ0n) is 11.7. The molecule has 0 aromatic heterocycles. The van der Waals surface area contributed by atoms with Crippen molar-refractivity contribution in [2.75, 3.05) is 0 Å². The summed E-state index contributed by atoms with van der Waals surface area (Å²) in [7, 11) is 0. The number of rotatable bonds is 6. The zero-order valence-corrected chi connectivity index (χ0v) is 11.7. The van der Waals surface area contributed by atoms with E-state index in [-0.39, 0.29) is 30.2 Å². The van der Waals surface area contributed by atoms with Gasteiger partial charge in [0, 0.05) is 12.1 Å². The molecule has 4 N–H and O–H groups in total. The zero-order chi connectivity index (χ0) is 15.9. The molecule has 114 valence electrons. The minimum Gasteiger partial charge on any atom is -0.508 e. The Morgan fingerprint density at radius 1 is 1.05 bits per heavy atom. The summed E-state index contributed by atoms with van der Waals surface area (Å²) in [4.78, 5) is 22.5. The van der Waals surface area contributed by atoms with Crippen LogP contribution in [-0.2, 0) is 17.8 Å². The molecule has 1 amide bonds. The molecule has 0 radical (unpaired) electrons. The average molecular weight is 300 g/mol. The van der Waals surface area contributed by atoms with Crippen molar-refractivity contribution in [2.24, 2.45) is 0 Å². The number of hydrazine groups is 1. The molecule has 2 aromatic rings. The second-order valence-electron chi connectivity index (χ2n) is 4.71. The molecule has 2 aromatic carbocycles. The number of carboxylic acid groups (broad SMARTS) is 1. The van der Waals surface area contributed by atoms with E-state index in [4.69, 9.17) is 5.11 Å². The van der Waals surface area contributed by atoms with Gasteiger partial charge in [0.05, 0.1) is 12.0 Å². The van der Waals surface area contributed by atoms with Crippen molar-refractivity contribution < 1.29 is 19.8 Å². The highest BCUT2D eigenvalue weighted by Crippen LogP contribution is 2.18. The Morgan fingerprint density at radius 2 is 1.77 bits per heavy atom. The Labute approximate surface area is 127 Å². The summed E-state index contributed by atoms with van der Waals surface area (Å²) in [5.41, 5.74) is 6.63. The molecule has 0 saturated heterocycles. The number of phenolic OH excluding ortho intramolecular Hbond substituents is 1. The minimum atomic E-state index is -1.11. The highest BCUT2D eigenvalue weighted by molar-refractivity contribution is 5.88. The van der Waals surface area contributed by atoms with Gasteiger partial charge in [-0.3, -0.25) is 10.2 Å². The first kappa shape index (κ1) is 15.5. The summed E-state index contributed by atoms with van der Waals surface area (Å²) in [6, 6.07) is 13.4. The lowest BCUT2D eigenvalue weighted by atomic mass is 10.1. The van der Waals surface area contributed by atoms with Gasteiger partial charge in [-0.25, -0.2) is 10.2 Å². The predicted molar refractivity (Wildman–Crippen MR) is 80.2 cm³/mol. The van der Waals surface area contributed by atoms with Crippen molar-refractivity contribution in [2.45, 2.75) is 13.0 Å². The monoisotopic (exact) mass is 300 g/mol. The van der Waals surface area contributed by atoms with Crippen molar-refractivity contribution >= 4 is 11.9 Å². The van der Waals surface area contributed by atoms with E-state index in [1.54, 1.807) is 0 Å². The minimum absolute atomic E-state index is 0.00867. The molecule has 22 heavy (non-hydrogen) atoms. The van der Waals surface area contributed by atoms with Crippen LogP contribution in [0.3, 0.4) is 0 Å². The first-order valence-electron chi connectivity index (χ1n) is 6.67. The number of nitrogens with one attached hydrogen (secondary N) is 2. The van der Waals surface area contributed by atoms with Crippen LogP contribution in [0.25, 0.3) is 0 Å². The molecule has 0 aliphatic rings. The van der Waals surface area contributed by atoms with E-state index in [1.165, 1.54) is 18.2 Å². The fourth-order valence-electron chi connectivity index (χ4n) is 1.91. The number of aromatic hydroxyl groups is 1. The summed E-state index contributed by atoms with van der Waals surface area (Å²) >= 11 is 0. The van der Waals surface area contributed by atoms with E-state index < -0.39 is 5.97 Å². The van der Waals surface area contributed by atoms with Crippen molar-refractivity contribution in [3.63, 3.8) is 0 Å². The van der Waals surface area contributed by atoms with Gasteiger partial charge in [0.2, 0.25) is 5.91 Å². The van der Waals surface area contributed by atoms with Gasteiger partial charge in [0.15, 0.2) is 0 Å². The molecule has 0 aliphatic heterocycles. The van der Waals surface area contributed by atoms with E-state index in [2.05, 4.69) is 10.9 Å². The maximum atomic E-state index is 11.7. The topological polar surface area (TPSA) is 98.7 Å². The van der Waals surface area contributed by atoms with Gasteiger partial charge >= 0.3 is 5.97 Å². The van der Waals surface area contributed by atoms with Gasteiger partial charge in [0.1, 0.15) is 5.75 Å². The Hall–Kier alpha value is -2.86. The lowest BCUT2D eigenvalue weighted by molar-refractivity contribution is -0.121. The number of phenols is 1. The molecule has 0 fully saturated rings. The number of hydrogen-bond acceptors (Lipinski definition) is 4. The SMILES string of the molecule is O=C(Cc1ccccc1)NNCc1ccc(C(=O)O)cc1O. The Kier molecular flexibility index (Phi) is 5.11. The van der Waals surface area contributed by atoms with E-state index in [1.807, 2.05) is 30.3 Å². The summed E-state index contributed by atoms with van der Waals surface area (Å²) in [5, 5.41) is 18.5. The number of carbonyl (C=O) groups excluding carboxylic acids is 1. The van der Waals surface area contributed by atoms with Gasteiger partial charge < -0.3 is 10.2 Å². The highest BCUT2D eigenvalue weighted by Gasteiger charge is 2.08. The summed E-state index contributed by atoms with van der Waals surface area (Å²) in [5.74, 6) is -1.44. The average Bonchev–Trinajstić information content (AvgIpc) is 2.49. The fraction of sp³-hybridized carbons (Fsp3) is 0.125. The molecule has 0 bridgehead atoms. The molecule has 6 nitrogen and oxygen atoms in total. The number of amides is 1. The standard InChI is InChI=1S/C16H16N2O4/c19-14-9-12(16(21)22)6-7-13(14)10-17-18-15(20)8-11-4-2-1-3-5-11/h1-7,9,17,19H,8,10H2,(H,18,20)(H,21,22). The van der Waals surface area contributed by atoms with Crippen LogP contribution in [0.5, 0.6) is 5.75 Å². The van der Waals surface area contributed by atoms with Gasteiger partial charge in [-0.05, 0) is 17.7 Å². The smallest absolute Gasteiger partial charge is 0.335 e. The second kappa shape index (κ2) is 7.24. The first-order chi connectivity index (χ1) is 10.6. The van der Waals surface area contributed by atoms with Crippen LogP contribution in [0.4, 0.5) is 0 Å². The van der Waals surface area contributed by atoms with Crippen LogP contribution in [0, 0.1) is 0 Å². The molecule has 0 atom stereocenters. The van der Waals surface area contributed by atoms with Crippen LogP contribution in [-0.4, -0.2) is 22.1 Å². The first-order valence-corrected chi connectivity index (χ1v) is 6.67. The summed E-state index contributed by atoms with van der Waals surface area (Å²) < 4.78 is 0. The van der Waals surface area contributed by atoms with Gasteiger partial charge in [0.25, 0.3) is 0 Å². The second-order valence-corrected chi connectivity index (χ2v) is 4.71. The number of benzene rings is 2. The van der Waals surface area contributed by atoms with Crippen molar-refractivity contribution in [3.05, 3.63) is 65.2 Å². The predicted octanol–water partition coefficient (Wildman–Crippen LogP) is 1.45. The van der Waals surface area contributed by atoms with Crippen molar-refractivity contribution in [1.82, 2.24) is 10.9 Å². The quantitative estimate of drug-likeness (QED) is 0.605. The van der Waals surface area contributed by atoms with E-state index in [9.17, 15) is 14.7 Å². The molecule has 0 saturated carbocycles. The van der Waals surface area contributed by atoms with E-state index >= 15 is 0 Å². The molecule has 6 heteroatoms. The number of carboxylic acids is 1. The highest BCUT2D eigenvalue weighted by atomic mass is 16.4. The molecule has 0 aliphatic carbocycles. The number of hydrogen-bond donors (Lipinski definition) is 4. The summed E-state index contributed by atoms with van der Waals surface area (Å²) in [6.45, 7) is 0.187. The number of carbonyl (C=O) groups is 2. The van der Waals surface area contributed by atoms with E-state index in [0.29, 0.717) is 5.56 Å². The largest absolute Gasteiger partial charge is 0.508 e. The van der Waals surface area contributed by atoms with E-state index in [0.717, 1.165) is 5.56 Å². The Bertz CT molecular complexity index is 671. The third-order valence-corrected chi connectivity index (χ3v) is 3.05.